The van der Waals surface area contributed by atoms with Crippen LogP contribution in [0, 0.1) is 0 Å². The highest BCUT2D eigenvalue weighted by atomic mass is 35.5. The number of aromatic nitrogens is 3. The zero-order chi connectivity index (χ0) is 29.0. The monoisotopic (exact) mass is 595 g/mol. The van der Waals surface area contributed by atoms with E-state index in [0.717, 1.165) is 48.9 Å². The molecule has 0 unspecified atom stereocenters. The van der Waals surface area contributed by atoms with E-state index in [9.17, 15) is 18.0 Å². The van der Waals surface area contributed by atoms with Gasteiger partial charge in [0.1, 0.15) is 0 Å². The van der Waals surface area contributed by atoms with Crippen LogP contribution in [-0.4, -0.2) is 58.0 Å². The number of halogens is 1. The third-order valence-electron chi connectivity index (χ3n) is 7.39. The van der Waals surface area contributed by atoms with Gasteiger partial charge in [-0.05, 0) is 49.1 Å². The molecule has 2 aromatic heterocycles. The standard InChI is InChI=1S/C30H34ClN5O4S/c1-2-3-4-18-35-27(20-28(37)36-21-26(33-30(35)36)22-11-13-25(31)14-12-22)23-7-9-24(10-8-23)29(38)32-15-19-41(39,40)34-16-5-6-17-34/h7-14,20-21H,2-6,15-19H2,1H3,(H,32,38). The number of amides is 1. The summed E-state index contributed by atoms with van der Waals surface area (Å²) in [5.74, 6) is 0.0860. The number of benzene rings is 2. The predicted octanol–water partition coefficient (Wildman–Crippen LogP) is 4.83. The zero-order valence-electron chi connectivity index (χ0n) is 23.1. The summed E-state index contributed by atoms with van der Waals surface area (Å²) in [4.78, 5) is 30.8. The molecule has 0 spiro atoms. The molecule has 1 amide bonds. The average Bonchev–Trinajstić information content (AvgIpc) is 3.67. The molecule has 0 saturated carbocycles. The minimum atomic E-state index is -3.36. The summed E-state index contributed by atoms with van der Waals surface area (Å²) in [5, 5.41) is 3.34. The number of carbonyl (C=O) groups is 1. The quantitative estimate of drug-likeness (QED) is 0.250. The summed E-state index contributed by atoms with van der Waals surface area (Å²) in [7, 11) is -3.36. The van der Waals surface area contributed by atoms with Crippen molar-refractivity contribution in [3.05, 3.63) is 81.7 Å². The maximum Gasteiger partial charge on any atom is 0.259 e. The van der Waals surface area contributed by atoms with E-state index in [1.807, 2.05) is 12.1 Å². The molecule has 216 valence electrons. The first-order chi connectivity index (χ1) is 19.8. The van der Waals surface area contributed by atoms with Gasteiger partial charge in [0.2, 0.25) is 15.8 Å². The molecule has 41 heavy (non-hydrogen) atoms. The van der Waals surface area contributed by atoms with E-state index in [1.165, 1.54) is 4.31 Å². The van der Waals surface area contributed by atoms with E-state index in [2.05, 4.69) is 16.8 Å². The van der Waals surface area contributed by atoms with Crippen molar-refractivity contribution in [2.75, 3.05) is 25.4 Å². The number of hydrogen-bond acceptors (Lipinski definition) is 5. The number of fused-ring (bicyclic) bond motifs is 1. The maximum atomic E-state index is 13.2. The van der Waals surface area contributed by atoms with Crippen LogP contribution in [0.15, 0.2) is 65.6 Å². The Kier molecular flexibility index (Phi) is 8.91. The molecule has 0 radical (unpaired) electrons. The van der Waals surface area contributed by atoms with Gasteiger partial charge in [-0.15, -0.1) is 0 Å². The van der Waals surface area contributed by atoms with Gasteiger partial charge in [-0.2, -0.15) is 0 Å². The molecule has 2 aromatic carbocycles. The molecule has 1 aliphatic heterocycles. The molecule has 9 nitrogen and oxygen atoms in total. The van der Waals surface area contributed by atoms with Crippen LogP contribution < -0.4 is 10.9 Å². The van der Waals surface area contributed by atoms with Gasteiger partial charge < -0.3 is 9.88 Å². The minimum absolute atomic E-state index is 0.0445. The van der Waals surface area contributed by atoms with E-state index in [0.29, 0.717) is 41.7 Å². The lowest BCUT2D eigenvalue weighted by atomic mass is 10.1. The fourth-order valence-electron chi connectivity index (χ4n) is 5.12. The Balaban J connectivity index is 1.39. The molecule has 0 atom stereocenters. The van der Waals surface area contributed by atoms with Gasteiger partial charge in [-0.3, -0.25) is 14.0 Å². The Hall–Kier alpha value is -3.47. The highest BCUT2D eigenvalue weighted by Gasteiger charge is 2.25. The fourth-order valence-corrected chi connectivity index (χ4v) is 6.68. The number of nitrogens with zero attached hydrogens (tertiary/aromatic N) is 4. The van der Waals surface area contributed by atoms with E-state index in [-0.39, 0.29) is 23.8 Å². The van der Waals surface area contributed by atoms with Gasteiger partial charge in [-0.25, -0.2) is 17.7 Å². The molecule has 0 aliphatic carbocycles. The summed E-state index contributed by atoms with van der Waals surface area (Å²) in [6, 6.07) is 15.9. The second-order valence-corrected chi connectivity index (χ2v) is 12.8. The molecule has 4 aromatic rings. The number of carbonyl (C=O) groups excluding carboxylic acids is 1. The van der Waals surface area contributed by atoms with Crippen LogP contribution >= 0.6 is 11.6 Å². The molecule has 1 aliphatic rings. The van der Waals surface area contributed by atoms with Crippen molar-refractivity contribution in [1.29, 1.82) is 0 Å². The SMILES string of the molecule is CCCCCn1c(-c2ccc(C(=O)NCCS(=O)(=O)N3CCCC3)cc2)cc(=O)n2cc(-c3ccc(Cl)cc3)nc12. The lowest BCUT2D eigenvalue weighted by Crippen LogP contribution is -2.36. The average molecular weight is 596 g/mol. The van der Waals surface area contributed by atoms with E-state index >= 15 is 0 Å². The molecule has 3 heterocycles. The number of imidazole rings is 1. The molecule has 1 saturated heterocycles. The van der Waals surface area contributed by atoms with Gasteiger partial charge in [0.25, 0.3) is 11.5 Å². The summed E-state index contributed by atoms with van der Waals surface area (Å²) >= 11 is 6.06. The molecule has 1 N–H and O–H groups in total. The Bertz CT molecular complexity index is 1690. The normalized spacial score (nSPS) is 14.1. The summed E-state index contributed by atoms with van der Waals surface area (Å²) in [5.41, 5.74) is 3.26. The first kappa shape index (κ1) is 29.0. The molecular formula is C30H34ClN5O4S. The van der Waals surface area contributed by atoms with Crippen molar-refractivity contribution in [2.45, 2.75) is 45.6 Å². The number of nitrogens with one attached hydrogen (secondary N) is 1. The summed E-state index contributed by atoms with van der Waals surface area (Å²) in [6.07, 6.45) is 6.52. The minimum Gasteiger partial charge on any atom is -0.351 e. The highest BCUT2D eigenvalue weighted by Crippen LogP contribution is 2.25. The summed E-state index contributed by atoms with van der Waals surface area (Å²) < 4.78 is 30.0. The molecular weight excluding hydrogens is 562 g/mol. The first-order valence-electron chi connectivity index (χ1n) is 14.0. The van der Waals surface area contributed by atoms with E-state index in [4.69, 9.17) is 16.6 Å². The van der Waals surface area contributed by atoms with Crippen LogP contribution in [0.3, 0.4) is 0 Å². The zero-order valence-corrected chi connectivity index (χ0v) is 24.6. The topological polar surface area (TPSA) is 106 Å². The van der Waals surface area contributed by atoms with E-state index < -0.39 is 10.0 Å². The van der Waals surface area contributed by atoms with Gasteiger partial charge in [-0.1, -0.05) is 55.6 Å². The van der Waals surface area contributed by atoms with Crippen molar-refractivity contribution in [3.8, 4) is 22.5 Å². The molecule has 1 fully saturated rings. The second-order valence-electron chi connectivity index (χ2n) is 10.3. The van der Waals surface area contributed by atoms with Crippen LogP contribution in [-0.2, 0) is 16.6 Å². The lowest BCUT2D eigenvalue weighted by Gasteiger charge is -2.16. The van der Waals surface area contributed by atoms with Crippen LogP contribution in [0.25, 0.3) is 28.3 Å². The third-order valence-corrected chi connectivity index (χ3v) is 9.51. The van der Waals surface area contributed by atoms with Crippen LogP contribution in [0.5, 0.6) is 0 Å². The van der Waals surface area contributed by atoms with Gasteiger partial charge >= 0.3 is 0 Å². The summed E-state index contributed by atoms with van der Waals surface area (Å²) in [6.45, 7) is 3.96. The van der Waals surface area contributed by atoms with Crippen molar-refractivity contribution < 1.29 is 13.2 Å². The molecule has 5 rings (SSSR count). The fraction of sp³-hybridized carbons (Fsp3) is 0.367. The van der Waals surface area contributed by atoms with Crippen molar-refractivity contribution in [2.24, 2.45) is 0 Å². The Morgan fingerprint density at radius 3 is 2.37 bits per heavy atom. The van der Waals surface area contributed by atoms with Gasteiger partial charge in [0.05, 0.1) is 17.1 Å². The maximum absolute atomic E-state index is 13.2. The molecule has 11 heteroatoms. The lowest BCUT2D eigenvalue weighted by molar-refractivity contribution is 0.0956. The number of unbranched alkanes of at least 4 members (excludes halogenated alkanes) is 2. The van der Waals surface area contributed by atoms with Gasteiger partial charge in [0.15, 0.2) is 0 Å². The smallest absolute Gasteiger partial charge is 0.259 e. The first-order valence-corrected chi connectivity index (χ1v) is 16.0. The largest absolute Gasteiger partial charge is 0.351 e. The second kappa shape index (κ2) is 12.6. The highest BCUT2D eigenvalue weighted by molar-refractivity contribution is 7.89. The van der Waals surface area contributed by atoms with Crippen LogP contribution in [0.1, 0.15) is 49.4 Å². The van der Waals surface area contributed by atoms with Crippen molar-refractivity contribution in [3.63, 3.8) is 0 Å². The number of sulfonamides is 1. The Morgan fingerprint density at radius 2 is 1.68 bits per heavy atom. The van der Waals surface area contributed by atoms with Gasteiger partial charge in [0, 0.05) is 54.6 Å². The van der Waals surface area contributed by atoms with E-state index in [1.54, 1.807) is 53.1 Å². The van der Waals surface area contributed by atoms with Crippen molar-refractivity contribution >= 4 is 33.3 Å². The van der Waals surface area contributed by atoms with Crippen molar-refractivity contribution in [1.82, 2.24) is 23.6 Å². The van der Waals surface area contributed by atoms with Crippen LogP contribution in [0.4, 0.5) is 0 Å². The predicted molar refractivity (Wildman–Crippen MR) is 162 cm³/mol. The Morgan fingerprint density at radius 1 is 1.00 bits per heavy atom. The number of hydrogen-bond donors (Lipinski definition) is 1. The van der Waals surface area contributed by atoms with Crippen LogP contribution in [0.2, 0.25) is 5.02 Å². The number of aryl methyl sites for hydroxylation is 1. The Labute approximate surface area is 244 Å². The third kappa shape index (κ3) is 6.55. The number of rotatable bonds is 11. The molecule has 0 bridgehead atoms.